The van der Waals surface area contributed by atoms with Crippen LogP contribution in [-0.4, -0.2) is 13.1 Å². The fourth-order valence-corrected chi connectivity index (χ4v) is 1.24. The molecule has 0 atom stereocenters. The standard InChI is InChI=1S/C11H16O2/c1-13-11(12)7-5-3-2-4-6-10-8-9-10/h10H,2-4,6,8-9H2,1H3. The Kier molecular flexibility index (Phi) is 4.39. The van der Waals surface area contributed by atoms with Gasteiger partial charge >= 0.3 is 5.97 Å². The molecule has 72 valence electrons. The van der Waals surface area contributed by atoms with Gasteiger partial charge < -0.3 is 4.74 Å². The van der Waals surface area contributed by atoms with Crippen molar-refractivity contribution in [1.29, 1.82) is 0 Å². The van der Waals surface area contributed by atoms with Crippen molar-refractivity contribution in [3.05, 3.63) is 0 Å². The number of rotatable bonds is 4. The Bertz CT molecular complexity index is 218. The molecule has 0 aliphatic heterocycles. The number of carbonyl (C=O) groups excluding carboxylic acids is 1. The number of hydrogen-bond acceptors (Lipinski definition) is 2. The highest BCUT2D eigenvalue weighted by molar-refractivity contribution is 5.88. The van der Waals surface area contributed by atoms with Gasteiger partial charge in [-0.15, -0.1) is 0 Å². The lowest BCUT2D eigenvalue weighted by molar-refractivity contribution is -0.133. The van der Waals surface area contributed by atoms with Crippen LogP contribution in [0.25, 0.3) is 0 Å². The summed E-state index contributed by atoms with van der Waals surface area (Å²) in [6.45, 7) is 0. The fourth-order valence-electron chi connectivity index (χ4n) is 1.24. The van der Waals surface area contributed by atoms with E-state index in [0.717, 1.165) is 18.8 Å². The molecule has 0 aromatic carbocycles. The van der Waals surface area contributed by atoms with Crippen LogP contribution in [0.4, 0.5) is 0 Å². The van der Waals surface area contributed by atoms with Crippen LogP contribution in [0.15, 0.2) is 0 Å². The second kappa shape index (κ2) is 5.64. The third-order valence-electron chi connectivity index (χ3n) is 2.24. The van der Waals surface area contributed by atoms with E-state index in [9.17, 15) is 4.79 Å². The number of methoxy groups -OCH3 is 1. The monoisotopic (exact) mass is 180 g/mol. The highest BCUT2D eigenvalue weighted by Crippen LogP contribution is 2.33. The summed E-state index contributed by atoms with van der Waals surface area (Å²) in [6, 6.07) is 0. The summed E-state index contributed by atoms with van der Waals surface area (Å²) in [6.07, 6.45) is 7.38. The zero-order valence-electron chi connectivity index (χ0n) is 8.14. The second-order valence-corrected chi connectivity index (χ2v) is 3.48. The Morgan fingerprint density at radius 3 is 2.85 bits per heavy atom. The van der Waals surface area contributed by atoms with Gasteiger partial charge in [-0.3, -0.25) is 0 Å². The maximum absolute atomic E-state index is 10.6. The largest absolute Gasteiger partial charge is 0.459 e. The molecule has 0 spiro atoms. The maximum Gasteiger partial charge on any atom is 0.384 e. The van der Waals surface area contributed by atoms with E-state index < -0.39 is 5.97 Å². The van der Waals surface area contributed by atoms with Crippen LogP contribution < -0.4 is 0 Å². The van der Waals surface area contributed by atoms with Crippen LogP contribution in [0.2, 0.25) is 0 Å². The van der Waals surface area contributed by atoms with Gasteiger partial charge in [-0.25, -0.2) is 4.79 Å². The first-order valence-electron chi connectivity index (χ1n) is 4.89. The third kappa shape index (κ3) is 5.30. The molecule has 1 fully saturated rings. The summed E-state index contributed by atoms with van der Waals surface area (Å²) in [7, 11) is 1.35. The molecule has 0 unspecified atom stereocenters. The second-order valence-electron chi connectivity index (χ2n) is 3.48. The van der Waals surface area contributed by atoms with Crippen LogP contribution >= 0.6 is 0 Å². The van der Waals surface area contributed by atoms with Gasteiger partial charge in [-0.2, -0.15) is 0 Å². The zero-order chi connectivity index (χ0) is 9.52. The minimum absolute atomic E-state index is 0.429. The third-order valence-corrected chi connectivity index (χ3v) is 2.24. The molecule has 1 aliphatic carbocycles. The van der Waals surface area contributed by atoms with E-state index >= 15 is 0 Å². The number of carbonyl (C=O) groups is 1. The molecule has 0 aromatic rings. The Labute approximate surface area is 79.7 Å². The first-order valence-corrected chi connectivity index (χ1v) is 4.89. The Morgan fingerprint density at radius 1 is 1.46 bits per heavy atom. The Balaban J connectivity index is 1.91. The molecule has 0 N–H and O–H groups in total. The quantitative estimate of drug-likeness (QED) is 0.287. The molecule has 0 amide bonds. The molecule has 1 aliphatic rings. The van der Waals surface area contributed by atoms with Gasteiger partial charge in [0.2, 0.25) is 0 Å². The number of ether oxygens (including phenoxy) is 1. The van der Waals surface area contributed by atoms with Crippen molar-refractivity contribution < 1.29 is 9.53 Å². The van der Waals surface area contributed by atoms with E-state index in [1.54, 1.807) is 0 Å². The molecule has 1 saturated carbocycles. The maximum atomic E-state index is 10.6. The molecule has 0 heterocycles. The smallest absolute Gasteiger partial charge is 0.384 e. The summed E-state index contributed by atoms with van der Waals surface area (Å²) in [5.41, 5.74) is 0. The predicted molar refractivity (Wildman–Crippen MR) is 51.0 cm³/mol. The lowest BCUT2D eigenvalue weighted by atomic mass is 10.1. The molecule has 13 heavy (non-hydrogen) atoms. The Hall–Kier alpha value is -0.970. The van der Waals surface area contributed by atoms with Gasteiger partial charge in [-0.1, -0.05) is 31.6 Å². The molecule has 2 heteroatoms. The summed E-state index contributed by atoms with van der Waals surface area (Å²) >= 11 is 0. The SMILES string of the molecule is COC(=O)C#CCCCCC1CC1. The number of unbranched alkanes of at least 4 members (excludes halogenated alkanes) is 2. The minimum Gasteiger partial charge on any atom is -0.459 e. The van der Waals surface area contributed by atoms with E-state index in [4.69, 9.17) is 0 Å². The molecule has 0 saturated heterocycles. The lowest BCUT2D eigenvalue weighted by Gasteiger charge is -1.93. The average Bonchev–Trinajstić information content (AvgIpc) is 2.94. The molecule has 1 rings (SSSR count). The van der Waals surface area contributed by atoms with Crippen molar-refractivity contribution >= 4 is 5.97 Å². The van der Waals surface area contributed by atoms with Crippen LogP contribution in [0.1, 0.15) is 38.5 Å². The van der Waals surface area contributed by atoms with Gasteiger partial charge in [0.05, 0.1) is 7.11 Å². The van der Waals surface area contributed by atoms with Gasteiger partial charge in [0.1, 0.15) is 0 Å². The lowest BCUT2D eigenvalue weighted by Crippen LogP contribution is -1.94. The van der Waals surface area contributed by atoms with E-state index in [2.05, 4.69) is 16.6 Å². The highest BCUT2D eigenvalue weighted by Gasteiger charge is 2.19. The number of esters is 1. The van der Waals surface area contributed by atoms with Crippen molar-refractivity contribution in [3.8, 4) is 11.8 Å². The van der Waals surface area contributed by atoms with Crippen LogP contribution in [0.3, 0.4) is 0 Å². The van der Waals surface area contributed by atoms with Gasteiger partial charge in [0, 0.05) is 12.3 Å². The zero-order valence-corrected chi connectivity index (χ0v) is 8.14. The van der Waals surface area contributed by atoms with Crippen LogP contribution in [0, 0.1) is 17.8 Å². The molecule has 0 aromatic heterocycles. The van der Waals surface area contributed by atoms with E-state index in [1.807, 2.05) is 0 Å². The average molecular weight is 180 g/mol. The summed E-state index contributed by atoms with van der Waals surface area (Å²) in [4.78, 5) is 10.6. The van der Waals surface area contributed by atoms with Crippen molar-refractivity contribution in [2.75, 3.05) is 7.11 Å². The first-order chi connectivity index (χ1) is 6.33. The van der Waals surface area contributed by atoms with E-state index in [-0.39, 0.29) is 0 Å². The molecule has 2 nitrogen and oxygen atoms in total. The summed E-state index contributed by atoms with van der Waals surface area (Å²) in [5, 5.41) is 0. The van der Waals surface area contributed by atoms with Gasteiger partial charge in [0.25, 0.3) is 0 Å². The van der Waals surface area contributed by atoms with Crippen LogP contribution in [0.5, 0.6) is 0 Å². The van der Waals surface area contributed by atoms with Crippen molar-refractivity contribution in [2.24, 2.45) is 5.92 Å². The molecular weight excluding hydrogens is 164 g/mol. The van der Waals surface area contributed by atoms with Crippen molar-refractivity contribution in [3.63, 3.8) is 0 Å². The summed E-state index contributed by atoms with van der Waals surface area (Å²) in [5.74, 6) is 5.81. The summed E-state index contributed by atoms with van der Waals surface area (Å²) < 4.78 is 4.39. The van der Waals surface area contributed by atoms with Crippen LogP contribution in [-0.2, 0) is 9.53 Å². The van der Waals surface area contributed by atoms with E-state index in [1.165, 1.54) is 32.8 Å². The fraction of sp³-hybridized carbons (Fsp3) is 0.727. The van der Waals surface area contributed by atoms with Gasteiger partial charge in [-0.05, 0) is 12.3 Å². The van der Waals surface area contributed by atoms with E-state index in [0.29, 0.717) is 0 Å². The normalized spacial score (nSPS) is 14.5. The van der Waals surface area contributed by atoms with Crippen molar-refractivity contribution in [2.45, 2.75) is 38.5 Å². The topological polar surface area (TPSA) is 26.3 Å². The molecule has 0 radical (unpaired) electrons. The number of hydrogen-bond donors (Lipinski definition) is 0. The first kappa shape index (κ1) is 10.1. The van der Waals surface area contributed by atoms with Crippen molar-refractivity contribution in [1.82, 2.24) is 0 Å². The molecular formula is C11H16O2. The minimum atomic E-state index is -0.429. The van der Waals surface area contributed by atoms with Gasteiger partial charge in [0.15, 0.2) is 0 Å². The highest BCUT2D eigenvalue weighted by atomic mass is 16.5. The Morgan fingerprint density at radius 2 is 2.23 bits per heavy atom. The predicted octanol–water partition coefficient (Wildman–Crippen LogP) is 2.13. The molecule has 0 bridgehead atoms.